The number of benzene rings is 1. The Morgan fingerprint density at radius 3 is 2.75 bits per heavy atom. The quantitative estimate of drug-likeness (QED) is 0.686. The molecule has 1 saturated heterocycles. The fourth-order valence-corrected chi connectivity index (χ4v) is 3.72. The number of carbonyl (C=O) groups excluding carboxylic acids is 1. The van der Waals surface area contributed by atoms with Crippen molar-refractivity contribution in [3.8, 4) is 11.3 Å². The number of piperazine rings is 1. The zero-order chi connectivity index (χ0) is 19.3. The Morgan fingerprint density at radius 2 is 2.07 bits per heavy atom. The average molecular weight is 380 g/mol. The molecule has 2 aromatic heterocycles. The number of amides is 1. The standard InChI is InChI=1S/C21H24N4O3/c26-11-6-19-14-25(10-9-24(19)13-16-7-12-28-15-16)21(27)18-3-1-17(2-4-18)20-5-8-22-23-20/h1-5,7-8,12,15,19,26H,6,9-11,13-14H2,(H,22,23). The lowest BCUT2D eigenvalue weighted by Gasteiger charge is -2.41. The molecule has 4 rings (SSSR count). The molecular weight excluding hydrogens is 356 g/mol. The number of H-pyrrole nitrogens is 1. The van der Waals surface area contributed by atoms with Gasteiger partial charge in [0.05, 0.1) is 18.2 Å². The summed E-state index contributed by atoms with van der Waals surface area (Å²) in [5, 5.41) is 16.4. The Bertz CT molecular complexity index is 875. The fourth-order valence-electron chi connectivity index (χ4n) is 3.72. The summed E-state index contributed by atoms with van der Waals surface area (Å²) >= 11 is 0. The molecule has 146 valence electrons. The van der Waals surface area contributed by atoms with Gasteiger partial charge in [-0.15, -0.1) is 0 Å². The molecule has 1 unspecified atom stereocenters. The first kappa shape index (κ1) is 18.5. The molecule has 0 aliphatic carbocycles. The topological polar surface area (TPSA) is 85.6 Å². The van der Waals surface area contributed by atoms with Gasteiger partial charge in [-0.05, 0) is 36.2 Å². The van der Waals surface area contributed by atoms with Crippen molar-refractivity contribution in [3.63, 3.8) is 0 Å². The second-order valence-corrected chi connectivity index (χ2v) is 7.07. The van der Waals surface area contributed by atoms with Gasteiger partial charge in [-0.25, -0.2) is 0 Å². The van der Waals surface area contributed by atoms with Gasteiger partial charge in [0.2, 0.25) is 0 Å². The number of carbonyl (C=O) groups is 1. The molecular formula is C21H24N4O3. The van der Waals surface area contributed by atoms with E-state index in [9.17, 15) is 9.90 Å². The summed E-state index contributed by atoms with van der Waals surface area (Å²) in [6, 6.07) is 11.6. The van der Waals surface area contributed by atoms with Crippen LogP contribution in [0.2, 0.25) is 0 Å². The predicted octanol–water partition coefficient (Wildman–Crippen LogP) is 2.38. The summed E-state index contributed by atoms with van der Waals surface area (Å²) < 4.78 is 5.16. The van der Waals surface area contributed by atoms with Crippen LogP contribution < -0.4 is 0 Å². The average Bonchev–Trinajstić information content (AvgIpc) is 3.43. The number of aliphatic hydroxyl groups is 1. The Morgan fingerprint density at radius 1 is 1.21 bits per heavy atom. The van der Waals surface area contributed by atoms with Gasteiger partial charge in [0.25, 0.3) is 5.91 Å². The maximum absolute atomic E-state index is 13.0. The third kappa shape index (κ3) is 4.00. The van der Waals surface area contributed by atoms with Gasteiger partial charge in [0.15, 0.2) is 0 Å². The molecule has 1 amide bonds. The monoisotopic (exact) mass is 380 g/mol. The first-order chi connectivity index (χ1) is 13.7. The Labute approximate surface area is 163 Å². The van der Waals surface area contributed by atoms with Crippen LogP contribution in [0.4, 0.5) is 0 Å². The fraction of sp³-hybridized carbons (Fsp3) is 0.333. The van der Waals surface area contributed by atoms with Gasteiger partial charge >= 0.3 is 0 Å². The number of rotatable bonds is 6. The number of aromatic amines is 1. The molecule has 1 atom stereocenters. The van der Waals surface area contributed by atoms with Crippen molar-refractivity contribution >= 4 is 5.91 Å². The minimum Gasteiger partial charge on any atom is -0.472 e. The van der Waals surface area contributed by atoms with E-state index in [1.165, 1.54) is 0 Å². The number of furan rings is 1. The molecule has 1 aliphatic rings. The van der Waals surface area contributed by atoms with Crippen molar-refractivity contribution in [3.05, 3.63) is 66.2 Å². The molecule has 7 nitrogen and oxygen atoms in total. The molecule has 1 aromatic carbocycles. The third-order valence-corrected chi connectivity index (χ3v) is 5.26. The van der Waals surface area contributed by atoms with E-state index in [0.29, 0.717) is 25.1 Å². The predicted molar refractivity (Wildman–Crippen MR) is 105 cm³/mol. The zero-order valence-electron chi connectivity index (χ0n) is 15.6. The number of nitrogens with zero attached hydrogens (tertiary/aromatic N) is 3. The van der Waals surface area contributed by atoms with Gasteiger partial charge < -0.3 is 14.4 Å². The summed E-state index contributed by atoms with van der Waals surface area (Å²) in [5.74, 6) is 0.0297. The van der Waals surface area contributed by atoms with Crippen molar-refractivity contribution in [2.75, 3.05) is 26.2 Å². The lowest BCUT2D eigenvalue weighted by molar-refractivity contribution is 0.0394. The first-order valence-corrected chi connectivity index (χ1v) is 9.49. The highest BCUT2D eigenvalue weighted by Gasteiger charge is 2.29. The maximum Gasteiger partial charge on any atom is 0.253 e. The molecule has 1 fully saturated rings. The number of hydrogen-bond acceptors (Lipinski definition) is 5. The van der Waals surface area contributed by atoms with E-state index < -0.39 is 0 Å². The molecule has 3 heterocycles. The highest BCUT2D eigenvalue weighted by molar-refractivity contribution is 5.94. The van der Waals surface area contributed by atoms with Crippen LogP contribution in [0.25, 0.3) is 11.3 Å². The summed E-state index contributed by atoms with van der Waals surface area (Å²) in [7, 11) is 0. The smallest absolute Gasteiger partial charge is 0.253 e. The van der Waals surface area contributed by atoms with Gasteiger partial charge in [-0.1, -0.05) is 12.1 Å². The van der Waals surface area contributed by atoms with Gasteiger partial charge in [-0.2, -0.15) is 5.10 Å². The first-order valence-electron chi connectivity index (χ1n) is 9.49. The van der Waals surface area contributed by atoms with Crippen molar-refractivity contribution in [2.45, 2.75) is 19.0 Å². The molecule has 7 heteroatoms. The van der Waals surface area contributed by atoms with Crippen LogP contribution >= 0.6 is 0 Å². The molecule has 0 saturated carbocycles. The Kier molecular flexibility index (Phi) is 5.55. The van der Waals surface area contributed by atoms with Gasteiger partial charge in [-0.3, -0.25) is 14.8 Å². The SMILES string of the molecule is O=C(c1ccc(-c2ccn[nH]2)cc1)N1CCN(Cc2ccoc2)C(CCO)C1. The highest BCUT2D eigenvalue weighted by atomic mass is 16.3. The lowest BCUT2D eigenvalue weighted by Crippen LogP contribution is -2.54. The van der Waals surface area contributed by atoms with E-state index >= 15 is 0 Å². The molecule has 3 aromatic rings. The van der Waals surface area contributed by atoms with Crippen LogP contribution in [0.3, 0.4) is 0 Å². The molecule has 0 spiro atoms. The highest BCUT2D eigenvalue weighted by Crippen LogP contribution is 2.21. The van der Waals surface area contributed by atoms with Crippen LogP contribution in [-0.4, -0.2) is 63.3 Å². The largest absolute Gasteiger partial charge is 0.472 e. The van der Waals surface area contributed by atoms with Gasteiger partial charge in [0.1, 0.15) is 0 Å². The summed E-state index contributed by atoms with van der Waals surface area (Å²) in [5.41, 5.74) is 3.71. The molecule has 0 radical (unpaired) electrons. The van der Waals surface area contributed by atoms with Crippen molar-refractivity contribution in [1.82, 2.24) is 20.0 Å². The van der Waals surface area contributed by atoms with E-state index in [2.05, 4.69) is 15.1 Å². The van der Waals surface area contributed by atoms with Crippen LogP contribution in [0.1, 0.15) is 22.3 Å². The van der Waals surface area contributed by atoms with E-state index in [0.717, 1.165) is 29.9 Å². The molecule has 1 aliphatic heterocycles. The van der Waals surface area contributed by atoms with E-state index in [4.69, 9.17) is 4.42 Å². The van der Waals surface area contributed by atoms with Crippen LogP contribution in [-0.2, 0) is 6.54 Å². The number of aromatic nitrogens is 2. The van der Waals surface area contributed by atoms with E-state index in [1.807, 2.05) is 41.3 Å². The second-order valence-electron chi connectivity index (χ2n) is 7.07. The third-order valence-electron chi connectivity index (χ3n) is 5.26. The maximum atomic E-state index is 13.0. The van der Waals surface area contributed by atoms with Crippen molar-refractivity contribution in [2.24, 2.45) is 0 Å². The number of hydrogen-bond donors (Lipinski definition) is 2. The van der Waals surface area contributed by atoms with Crippen LogP contribution in [0.15, 0.2) is 59.5 Å². The van der Waals surface area contributed by atoms with Crippen LogP contribution in [0, 0.1) is 0 Å². The van der Waals surface area contributed by atoms with Crippen molar-refractivity contribution < 1.29 is 14.3 Å². The van der Waals surface area contributed by atoms with Gasteiger partial charge in [0, 0.05) is 56.2 Å². The van der Waals surface area contributed by atoms with Crippen molar-refractivity contribution in [1.29, 1.82) is 0 Å². The minimum atomic E-state index is 0.0297. The van der Waals surface area contributed by atoms with E-state index in [1.54, 1.807) is 18.7 Å². The molecule has 0 bridgehead atoms. The Hall–Kier alpha value is -2.90. The summed E-state index contributed by atoms with van der Waals surface area (Å²) in [6.07, 6.45) is 5.76. The summed E-state index contributed by atoms with van der Waals surface area (Å²) in [4.78, 5) is 17.2. The minimum absolute atomic E-state index is 0.0297. The Balaban J connectivity index is 1.43. The number of nitrogens with one attached hydrogen (secondary N) is 1. The van der Waals surface area contributed by atoms with Crippen LogP contribution in [0.5, 0.6) is 0 Å². The van der Waals surface area contributed by atoms with E-state index in [-0.39, 0.29) is 18.6 Å². The molecule has 28 heavy (non-hydrogen) atoms. The second kappa shape index (κ2) is 8.41. The summed E-state index contributed by atoms with van der Waals surface area (Å²) in [6.45, 7) is 2.92. The zero-order valence-corrected chi connectivity index (χ0v) is 15.6. The lowest BCUT2D eigenvalue weighted by atomic mass is 10.0. The number of aliphatic hydroxyl groups excluding tert-OH is 1. The molecule has 2 N–H and O–H groups in total. The normalized spacial score (nSPS) is 17.8.